The van der Waals surface area contributed by atoms with E-state index in [1.54, 1.807) is 0 Å². The van der Waals surface area contributed by atoms with Gasteiger partial charge in [0.05, 0.1) is 0 Å². The second-order valence-corrected chi connectivity index (χ2v) is 4.75. The number of aromatic nitrogens is 2. The van der Waals surface area contributed by atoms with Crippen molar-refractivity contribution in [2.45, 2.75) is 32.6 Å². The first-order valence-corrected chi connectivity index (χ1v) is 6.50. The molecule has 1 aromatic rings. The first kappa shape index (κ1) is 12.3. The van der Waals surface area contributed by atoms with E-state index in [-0.39, 0.29) is 6.61 Å². The van der Waals surface area contributed by atoms with Crippen LogP contribution in [0.15, 0.2) is 12.4 Å². The lowest BCUT2D eigenvalue weighted by atomic mass is 10.1. The van der Waals surface area contributed by atoms with Gasteiger partial charge in [-0.15, -0.1) is 0 Å². The third-order valence-electron chi connectivity index (χ3n) is 3.34. The van der Waals surface area contributed by atoms with Crippen molar-refractivity contribution >= 4 is 5.95 Å². The maximum Gasteiger partial charge on any atom is 0.225 e. The van der Waals surface area contributed by atoms with Crippen molar-refractivity contribution in [3.63, 3.8) is 0 Å². The van der Waals surface area contributed by atoms with Gasteiger partial charge in [-0.25, -0.2) is 9.97 Å². The standard InChI is InChI=1S/C13H21N3O/c1-2-3-12-8-14-13(15-9-12)16-6-4-11(10-16)5-7-17/h8-9,11,17H,2-7,10H2,1H3. The summed E-state index contributed by atoms with van der Waals surface area (Å²) in [5, 5.41) is 8.93. The summed E-state index contributed by atoms with van der Waals surface area (Å²) < 4.78 is 0. The quantitative estimate of drug-likeness (QED) is 0.843. The molecule has 1 saturated heterocycles. The molecule has 1 N–H and O–H groups in total. The molecule has 1 aliphatic heterocycles. The Kier molecular flexibility index (Phi) is 4.31. The first-order valence-electron chi connectivity index (χ1n) is 6.50. The van der Waals surface area contributed by atoms with E-state index in [0.717, 1.165) is 44.7 Å². The number of hydrogen-bond acceptors (Lipinski definition) is 4. The van der Waals surface area contributed by atoms with Gasteiger partial charge >= 0.3 is 0 Å². The zero-order valence-corrected chi connectivity index (χ0v) is 10.5. The summed E-state index contributed by atoms with van der Waals surface area (Å²) in [4.78, 5) is 11.1. The Morgan fingerprint density at radius 1 is 1.41 bits per heavy atom. The molecule has 1 aliphatic rings. The predicted molar refractivity (Wildman–Crippen MR) is 68.0 cm³/mol. The van der Waals surface area contributed by atoms with Gasteiger partial charge in [0.1, 0.15) is 0 Å². The Morgan fingerprint density at radius 2 is 2.18 bits per heavy atom. The van der Waals surface area contributed by atoms with Crippen LogP contribution in [0, 0.1) is 5.92 Å². The number of anilines is 1. The van der Waals surface area contributed by atoms with Crippen LogP contribution in [-0.4, -0.2) is 34.8 Å². The highest BCUT2D eigenvalue weighted by Gasteiger charge is 2.23. The number of hydrogen-bond donors (Lipinski definition) is 1. The van der Waals surface area contributed by atoms with Crippen molar-refractivity contribution in [1.82, 2.24) is 9.97 Å². The van der Waals surface area contributed by atoms with Crippen LogP contribution in [0.3, 0.4) is 0 Å². The third kappa shape index (κ3) is 3.16. The first-order chi connectivity index (χ1) is 8.33. The van der Waals surface area contributed by atoms with Crippen LogP contribution < -0.4 is 4.90 Å². The van der Waals surface area contributed by atoms with Gasteiger partial charge in [0.25, 0.3) is 0 Å². The van der Waals surface area contributed by atoms with Crippen LogP contribution >= 0.6 is 0 Å². The molecule has 0 bridgehead atoms. The summed E-state index contributed by atoms with van der Waals surface area (Å²) in [5.74, 6) is 1.43. The maximum atomic E-state index is 8.93. The fourth-order valence-corrected chi connectivity index (χ4v) is 2.36. The lowest BCUT2D eigenvalue weighted by Gasteiger charge is -2.16. The fraction of sp³-hybridized carbons (Fsp3) is 0.692. The van der Waals surface area contributed by atoms with Gasteiger partial charge in [0, 0.05) is 32.1 Å². The van der Waals surface area contributed by atoms with Crippen molar-refractivity contribution in [3.8, 4) is 0 Å². The molecule has 1 fully saturated rings. The molecule has 0 spiro atoms. The average molecular weight is 235 g/mol. The number of rotatable bonds is 5. The second-order valence-electron chi connectivity index (χ2n) is 4.75. The van der Waals surface area contributed by atoms with Crippen LogP contribution in [-0.2, 0) is 6.42 Å². The molecular formula is C13H21N3O. The lowest BCUT2D eigenvalue weighted by Crippen LogP contribution is -2.22. The fourth-order valence-electron chi connectivity index (χ4n) is 2.36. The van der Waals surface area contributed by atoms with Crippen molar-refractivity contribution in [1.29, 1.82) is 0 Å². The minimum Gasteiger partial charge on any atom is -0.396 e. The number of aliphatic hydroxyl groups excluding tert-OH is 1. The van der Waals surface area contributed by atoms with E-state index in [9.17, 15) is 0 Å². The highest BCUT2D eigenvalue weighted by Crippen LogP contribution is 2.22. The molecule has 0 saturated carbocycles. The van der Waals surface area contributed by atoms with Gasteiger partial charge in [-0.1, -0.05) is 13.3 Å². The second kappa shape index (κ2) is 5.96. The van der Waals surface area contributed by atoms with Gasteiger partial charge in [-0.3, -0.25) is 0 Å². The van der Waals surface area contributed by atoms with E-state index in [4.69, 9.17) is 5.11 Å². The van der Waals surface area contributed by atoms with Crippen LogP contribution in [0.5, 0.6) is 0 Å². The molecule has 0 amide bonds. The monoisotopic (exact) mass is 235 g/mol. The van der Waals surface area contributed by atoms with Crippen molar-refractivity contribution in [2.75, 3.05) is 24.6 Å². The maximum absolute atomic E-state index is 8.93. The zero-order valence-electron chi connectivity index (χ0n) is 10.5. The van der Waals surface area contributed by atoms with Crippen LogP contribution in [0.4, 0.5) is 5.95 Å². The molecule has 4 heteroatoms. The van der Waals surface area contributed by atoms with E-state index < -0.39 is 0 Å². The molecule has 1 unspecified atom stereocenters. The van der Waals surface area contributed by atoms with Crippen LogP contribution in [0.25, 0.3) is 0 Å². The molecule has 0 radical (unpaired) electrons. The van der Waals surface area contributed by atoms with Gasteiger partial charge in [0.2, 0.25) is 5.95 Å². The predicted octanol–water partition coefficient (Wildman–Crippen LogP) is 1.64. The summed E-state index contributed by atoms with van der Waals surface area (Å²) >= 11 is 0. The Morgan fingerprint density at radius 3 is 2.82 bits per heavy atom. The van der Waals surface area contributed by atoms with Gasteiger partial charge < -0.3 is 10.0 Å². The Labute approximate surface area is 103 Å². The SMILES string of the molecule is CCCc1cnc(N2CCC(CCO)C2)nc1. The zero-order chi connectivity index (χ0) is 12.1. The van der Waals surface area contributed by atoms with E-state index in [2.05, 4.69) is 21.8 Å². The molecule has 1 aromatic heterocycles. The smallest absolute Gasteiger partial charge is 0.225 e. The number of nitrogens with zero attached hydrogens (tertiary/aromatic N) is 3. The highest BCUT2D eigenvalue weighted by molar-refractivity contribution is 5.31. The van der Waals surface area contributed by atoms with E-state index in [1.165, 1.54) is 5.56 Å². The molecular weight excluding hydrogens is 214 g/mol. The van der Waals surface area contributed by atoms with Gasteiger partial charge in [-0.05, 0) is 30.7 Å². The largest absolute Gasteiger partial charge is 0.396 e. The number of aryl methyl sites for hydroxylation is 1. The summed E-state index contributed by atoms with van der Waals surface area (Å²) in [5.41, 5.74) is 1.21. The van der Waals surface area contributed by atoms with E-state index >= 15 is 0 Å². The minimum atomic E-state index is 0.287. The van der Waals surface area contributed by atoms with Crippen LogP contribution in [0.2, 0.25) is 0 Å². The molecule has 1 atom stereocenters. The molecule has 0 aromatic carbocycles. The molecule has 94 valence electrons. The summed E-state index contributed by atoms with van der Waals surface area (Å²) in [6.45, 7) is 4.44. The molecule has 2 rings (SSSR count). The lowest BCUT2D eigenvalue weighted by molar-refractivity contribution is 0.263. The Balaban J connectivity index is 1.94. The van der Waals surface area contributed by atoms with Crippen molar-refractivity contribution < 1.29 is 5.11 Å². The molecule has 0 aliphatic carbocycles. The Hall–Kier alpha value is -1.16. The summed E-state index contributed by atoms with van der Waals surface area (Å²) in [6, 6.07) is 0. The van der Waals surface area contributed by atoms with Gasteiger partial charge in [0.15, 0.2) is 0 Å². The van der Waals surface area contributed by atoms with E-state index in [1.807, 2.05) is 12.4 Å². The molecule has 2 heterocycles. The number of aliphatic hydroxyl groups is 1. The topological polar surface area (TPSA) is 49.2 Å². The van der Waals surface area contributed by atoms with Crippen LogP contribution in [0.1, 0.15) is 31.7 Å². The van der Waals surface area contributed by atoms with Crippen molar-refractivity contribution in [3.05, 3.63) is 18.0 Å². The molecule has 17 heavy (non-hydrogen) atoms. The minimum absolute atomic E-state index is 0.287. The van der Waals surface area contributed by atoms with Gasteiger partial charge in [-0.2, -0.15) is 0 Å². The third-order valence-corrected chi connectivity index (χ3v) is 3.34. The highest BCUT2D eigenvalue weighted by atomic mass is 16.3. The normalized spacial score (nSPS) is 19.9. The summed E-state index contributed by atoms with van der Waals surface area (Å²) in [6.07, 6.45) is 8.08. The van der Waals surface area contributed by atoms with E-state index in [0.29, 0.717) is 5.92 Å². The van der Waals surface area contributed by atoms with Crippen molar-refractivity contribution in [2.24, 2.45) is 5.92 Å². The Bertz CT molecular complexity index is 339. The summed E-state index contributed by atoms with van der Waals surface area (Å²) in [7, 11) is 0. The average Bonchev–Trinajstić information content (AvgIpc) is 2.80. The molecule has 4 nitrogen and oxygen atoms in total.